The van der Waals surface area contributed by atoms with Crippen molar-refractivity contribution >= 4 is 29.5 Å². The van der Waals surface area contributed by atoms with Gasteiger partial charge in [-0.1, -0.05) is 12.1 Å². The van der Waals surface area contributed by atoms with Crippen molar-refractivity contribution in [2.24, 2.45) is 5.73 Å². The first-order chi connectivity index (χ1) is 9.75. The largest absolute Gasteiger partial charge is 0.480 e. The van der Waals surface area contributed by atoms with E-state index in [1.165, 1.54) is 11.8 Å². The van der Waals surface area contributed by atoms with Gasteiger partial charge < -0.3 is 10.8 Å². The molecule has 0 fully saturated rings. The third-order valence-corrected chi connectivity index (χ3v) is 4.84. The van der Waals surface area contributed by atoms with E-state index in [2.05, 4.69) is 0 Å². The number of benzene rings is 1. The Hall–Kier alpha value is -1.86. The van der Waals surface area contributed by atoms with E-state index in [-0.39, 0.29) is 17.7 Å². The summed E-state index contributed by atoms with van der Waals surface area (Å²) in [6.07, 6.45) is 0. The monoisotopic (exact) mass is 308 g/mol. The quantitative estimate of drug-likeness (QED) is 0.792. The first kappa shape index (κ1) is 15.5. The van der Waals surface area contributed by atoms with Crippen LogP contribution in [0, 0.1) is 0 Å². The van der Waals surface area contributed by atoms with Crippen LogP contribution in [0.15, 0.2) is 24.3 Å². The molecule has 1 heterocycles. The fourth-order valence-electron chi connectivity index (χ4n) is 1.97. The topological polar surface area (TPSA) is 101 Å². The number of carbonyl (C=O) groups excluding carboxylic acids is 2. The summed E-state index contributed by atoms with van der Waals surface area (Å²) in [7, 11) is 0. The van der Waals surface area contributed by atoms with Gasteiger partial charge in [0, 0.05) is 4.75 Å². The van der Waals surface area contributed by atoms with Gasteiger partial charge in [0.1, 0.15) is 6.04 Å². The predicted octanol–water partition coefficient (Wildman–Crippen LogP) is 1.16. The number of carbonyl (C=O) groups is 3. The van der Waals surface area contributed by atoms with Crippen LogP contribution in [0.25, 0.3) is 0 Å². The van der Waals surface area contributed by atoms with E-state index >= 15 is 0 Å². The number of amides is 2. The lowest BCUT2D eigenvalue weighted by molar-refractivity contribution is -0.139. The van der Waals surface area contributed by atoms with Gasteiger partial charge in [0.2, 0.25) is 0 Å². The highest BCUT2D eigenvalue weighted by Gasteiger charge is 2.38. The number of imide groups is 1. The molecule has 2 amide bonds. The molecule has 7 heteroatoms. The molecule has 112 valence electrons. The zero-order valence-corrected chi connectivity index (χ0v) is 12.5. The number of hydrogen-bond acceptors (Lipinski definition) is 5. The Kier molecular flexibility index (Phi) is 4.06. The molecule has 0 aliphatic carbocycles. The SMILES string of the molecule is CC(C)(SCN1C(=O)c2ccccc2C1=O)[C@H](N)C(=O)O. The first-order valence-corrected chi connectivity index (χ1v) is 7.32. The zero-order chi connectivity index (χ0) is 15.8. The molecule has 1 aromatic carbocycles. The Morgan fingerprint density at radius 1 is 1.29 bits per heavy atom. The molecule has 1 aliphatic heterocycles. The molecule has 0 radical (unpaired) electrons. The third-order valence-electron chi connectivity index (χ3n) is 3.46. The Labute approximate surface area is 126 Å². The Bertz CT molecular complexity index is 580. The summed E-state index contributed by atoms with van der Waals surface area (Å²) in [6.45, 7) is 3.35. The summed E-state index contributed by atoms with van der Waals surface area (Å²) >= 11 is 1.17. The minimum atomic E-state index is -1.12. The minimum absolute atomic E-state index is 0.0698. The van der Waals surface area contributed by atoms with Gasteiger partial charge in [0.05, 0.1) is 17.0 Å². The van der Waals surface area contributed by atoms with Gasteiger partial charge in [0.15, 0.2) is 0 Å². The molecule has 6 nitrogen and oxygen atoms in total. The number of carboxylic acid groups (broad SMARTS) is 1. The van der Waals surface area contributed by atoms with Crippen LogP contribution in [0.3, 0.4) is 0 Å². The van der Waals surface area contributed by atoms with Gasteiger partial charge in [-0.05, 0) is 26.0 Å². The van der Waals surface area contributed by atoms with Crippen LogP contribution in [-0.4, -0.2) is 44.5 Å². The lowest BCUT2D eigenvalue weighted by Crippen LogP contribution is -2.47. The highest BCUT2D eigenvalue weighted by molar-refractivity contribution is 8.00. The molecule has 0 saturated heterocycles. The second-order valence-corrected chi connectivity index (χ2v) is 6.88. The van der Waals surface area contributed by atoms with Crippen LogP contribution in [0.2, 0.25) is 0 Å². The molecule has 3 N–H and O–H groups in total. The summed E-state index contributed by atoms with van der Waals surface area (Å²) in [5.74, 6) is -1.76. The van der Waals surface area contributed by atoms with Crippen molar-refractivity contribution in [1.29, 1.82) is 0 Å². The van der Waals surface area contributed by atoms with Crippen LogP contribution in [-0.2, 0) is 4.79 Å². The summed E-state index contributed by atoms with van der Waals surface area (Å²) < 4.78 is -0.804. The maximum absolute atomic E-state index is 12.2. The zero-order valence-electron chi connectivity index (χ0n) is 11.7. The molecular weight excluding hydrogens is 292 g/mol. The van der Waals surface area contributed by atoms with E-state index in [0.29, 0.717) is 11.1 Å². The number of carboxylic acids is 1. The molecule has 2 rings (SSSR count). The molecule has 0 bridgehead atoms. The Morgan fingerprint density at radius 2 is 1.76 bits per heavy atom. The van der Waals surface area contributed by atoms with Crippen LogP contribution in [0.4, 0.5) is 0 Å². The van der Waals surface area contributed by atoms with Gasteiger partial charge in [-0.3, -0.25) is 19.3 Å². The summed E-state index contributed by atoms with van der Waals surface area (Å²) in [5, 5.41) is 8.97. The summed E-state index contributed by atoms with van der Waals surface area (Å²) in [6, 6.07) is 5.52. The van der Waals surface area contributed by atoms with E-state index in [4.69, 9.17) is 10.8 Å². The van der Waals surface area contributed by atoms with Crippen molar-refractivity contribution in [2.45, 2.75) is 24.6 Å². The lowest BCUT2D eigenvalue weighted by Gasteiger charge is -2.29. The van der Waals surface area contributed by atoms with Gasteiger partial charge >= 0.3 is 5.97 Å². The lowest BCUT2D eigenvalue weighted by atomic mass is 10.1. The number of nitrogens with zero attached hydrogens (tertiary/aromatic N) is 1. The van der Waals surface area contributed by atoms with E-state index in [9.17, 15) is 14.4 Å². The first-order valence-electron chi connectivity index (χ1n) is 6.33. The number of fused-ring (bicyclic) bond motifs is 1. The number of thioether (sulfide) groups is 1. The highest BCUT2D eigenvalue weighted by atomic mass is 32.2. The molecule has 1 aromatic rings. The average molecular weight is 308 g/mol. The Balaban J connectivity index is 2.11. The van der Waals surface area contributed by atoms with Crippen molar-refractivity contribution in [3.63, 3.8) is 0 Å². The number of aliphatic carboxylic acids is 1. The maximum Gasteiger partial charge on any atom is 0.321 e. The number of hydrogen-bond donors (Lipinski definition) is 2. The van der Waals surface area contributed by atoms with Crippen molar-refractivity contribution in [3.05, 3.63) is 35.4 Å². The second kappa shape index (κ2) is 5.50. The van der Waals surface area contributed by atoms with E-state index in [1.807, 2.05) is 0 Å². The van der Waals surface area contributed by atoms with Crippen molar-refractivity contribution in [3.8, 4) is 0 Å². The van der Waals surface area contributed by atoms with E-state index < -0.39 is 16.8 Å². The summed E-state index contributed by atoms with van der Waals surface area (Å²) in [5.41, 5.74) is 6.38. The molecular formula is C14H16N2O4S. The van der Waals surface area contributed by atoms with Crippen LogP contribution < -0.4 is 5.73 Å². The Morgan fingerprint density at radius 3 is 2.19 bits per heavy atom. The van der Waals surface area contributed by atoms with Gasteiger partial charge in [0.25, 0.3) is 11.8 Å². The molecule has 0 spiro atoms. The molecule has 0 aromatic heterocycles. The normalized spacial score (nSPS) is 16.0. The fraction of sp³-hybridized carbons (Fsp3) is 0.357. The predicted molar refractivity (Wildman–Crippen MR) is 79.1 cm³/mol. The molecule has 21 heavy (non-hydrogen) atoms. The third kappa shape index (κ3) is 2.79. The molecule has 0 saturated carbocycles. The highest BCUT2D eigenvalue weighted by Crippen LogP contribution is 2.31. The van der Waals surface area contributed by atoms with Gasteiger partial charge in [-0.2, -0.15) is 0 Å². The molecule has 1 atom stereocenters. The van der Waals surface area contributed by atoms with Crippen molar-refractivity contribution in [1.82, 2.24) is 4.90 Å². The standard InChI is InChI=1S/C14H16N2O4S/c1-14(2,10(15)13(19)20)21-7-16-11(17)8-5-3-4-6-9(8)12(16)18/h3-6,10H,7,15H2,1-2H3,(H,19,20)/t10-/m1/s1. The van der Waals surface area contributed by atoms with Gasteiger partial charge in [-0.15, -0.1) is 11.8 Å². The van der Waals surface area contributed by atoms with E-state index in [0.717, 1.165) is 4.90 Å². The number of nitrogens with two attached hydrogens (primary N) is 1. The smallest absolute Gasteiger partial charge is 0.321 e. The maximum atomic E-state index is 12.2. The summed E-state index contributed by atoms with van der Waals surface area (Å²) in [4.78, 5) is 36.4. The molecule has 0 unspecified atom stereocenters. The number of rotatable bonds is 5. The van der Waals surface area contributed by atoms with Gasteiger partial charge in [-0.25, -0.2) is 0 Å². The molecule has 1 aliphatic rings. The van der Waals surface area contributed by atoms with Crippen molar-refractivity contribution in [2.75, 3.05) is 5.88 Å². The minimum Gasteiger partial charge on any atom is -0.480 e. The van der Waals surface area contributed by atoms with Crippen LogP contribution in [0.1, 0.15) is 34.6 Å². The average Bonchev–Trinajstić information content (AvgIpc) is 2.68. The fourth-order valence-corrected chi connectivity index (χ4v) is 2.95. The van der Waals surface area contributed by atoms with E-state index in [1.54, 1.807) is 38.1 Å². The van der Waals surface area contributed by atoms with Crippen LogP contribution >= 0.6 is 11.8 Å². The van der Waals surface area contributed by atoms with Crippen LogP contribution in [0.5, 0.6) is 0 Å². The second-order valence-electron chi connectivity index (χ2n) is 5.28. The van der Waals surface area contributed by atoms with Crippen molar-refractivity contribution < 1.29 is 19.5 Å².